The number of nitrogens with two attached hydrogens (primary N) is 1. The van der Waals surface area contributed by atoms with E-state index in [0.717, 1.165) is 6.42 Å². The summed E-state index contributed by atoms with van der Waals surface area (Å²) in [4.78, 5) is 13.3. The maximum absolute atomic E-state index is 11.6. The average Bonchev–Trinajstić information content (AvgIpc) is 2.00. The quantitative estimate of drug-likeness (QED) is 0.706. The Morgan fingerprint density at radius 2 is 2.07 bits per heavy atom. The molecule has 0 saturated carbocycles. The van der Waals surface area contributed by atoms with Crippen LogP contribution in [0.1, 0.15) is 33.6 Å². The second-order valence-electron chi connectivity index (χ2n) is 5.29. The molecule has 15 heavy (non-hydrogen) atoms. The van der Waals surface area contributed by atoms with Crippen LogP contribution in [0.2, 0.25) is 0 Å². The van der Waals surface area contributed by atoms with Crippen molar-refractivity contribution >= 4 is 5.91 Å². The molecule has 0 aromatic rings. The van der Waals surface area contributed by atoms with Crippen molar-refractivity contribution < 1.29 is 4.79 Å². The monoisotopic (exact) mass is 212 g/mol. The van der Waals surface area contributed by atoms with Gasteiger partial charge in [-0.1, -0.05) is 26.8 Å². The summed E-state index contributed by atoms with van der Waals surface area (Å²) in [6, 6.07) is -0.0511. The number of carbonyl (C=O) groups is 1. The molecule has 0 aliphatic carbocycles. The Hall–Kier alpha value is -0.830. The summed E-state index contributed by atoms with van der Waals surface area (Å²) in [6.07, 6.45) is 3.00. The number of hydrogen-bond donors (Lipinski definition) is 1. The Balaban J connectivity index is 4.01. The highest BCUT2D eigenvalue weighted by molar-refractivity contribution is 5.76. The van der Waals surface area contributed by atoms with Crippen molar-refractivity contribution in [2.45, 2.75) is 39.7 Å². The molecule has 0 aromatic carbocycles. The molecule has 3 nitrogen and oxygen atoms in total. The molecule has 0 heterocycles. The fourth-order valence-corrected chi connectivity index (χ4v) is 1.53. The Bertz CT molecular complexity index is 218. The van der Waals surface area contributed by atoms with Crippen molar-refractivity contribution in [2.24, 2.45) is 11.1 Å². The zero-order chi connectivity index (χ0) is 12.1. The van der Waals surface area contributed by atoms with E-state index in [1.165, 1.54) is 0 Å². The van der Waals surface area contributed by atoms with Crippen molar-refractivity contribution in [1.82, 2.24) is 4.90 Å². The van der Waals surface area contributed by atoms with Crippen molar-refractivity contribution in [1.29, 1.82) is 0 Å². The highest BCUT2D eigenvalue weighted by atomic mass is 16.2. The summed E-state index contributed by atoms with van der Waals surface area (Å²) in [6.45, 7) is 10.6. The van der Waals surface area contributed by atoms with Gasteiger partial charge in [-0.15, -0.1) is 6.58 Å². The van der Waals surface area contributed by atoms with Gasteiger partial charge in [0.25, 0.3) is 0 Å². The number of amides is 1. The van der Waals surface area contributed by atoms with Gasteiger partial charge in [-0.2, -0.15) is 0 Å². The lowest BCUT2D eigenvalue weighted by molar-refractivity contribution is -0.129. The topological polar surface area (TPSA) is 46.3 Å². The van der Waals surface area contributed by atoms with Crippen LogP contribution in [0.4, 0.5) is 0 Å². The summed E-state index contributed by atoms with van der Waals surface area (Å²) in [5.74, 6) is 0.0895. The largest absolute Gasteiger partial charge is 0.342 e. The Kier molecular flexibility index (Phi) is 5.58. The van der Waals surface area contributed by atoms with E-state index in [4.69, 9.17) is 5.73 Å². The number of hydrogen-bond acceptors (Lipinski definition) is 2. The molecule has 0 rings (SSSR count). The summed E-state index contributed by atoms with van der Waals surface area (Å²) in [5.41, 5.74) is 6.10. The van der Waals surface area contributed by atoms with E-state index in [1.54, 1.807) is 18.0 Å². The van der Waals surface area contributed by atoms with Crippen LogP contribution < -0.4 is 5.73 Å². The zero-order valence-electron chi connectivity index (χ0n) is 10.4. The molecule has 1 atom stereocenters. The van der Waals surface area contributed by atoms with Gasteiger partial charge in [0.1, 0.15) is 0 Å². The van der Waals surface area contributed by atoms with E-state index < -0.39 is 0 Å². The predicted molar refractivity (Wildman–Crippen MR) is 64.5 cm³/mol. The molecule has 0 fully saturated rings. The molecular weight excluding hydrogens is 188 g/mol. The van der Waals surface area contributed by atoms with E-state index in [0.29, 0.717) is 13.0 Å². The van der Waals surface area contributed by atoms with Crippen LogP contribution in [0.5, 0.6) is 0 Å². The van der Waals surface area contributed by atoms with Crippen LogP contribution in [0.15, 0.2) is 12.7 Å². The molecule has 0 spiro atoms. The Labute approximate surface area is 93.3 Å². The van der Waals surface area contributed by atoms with Gasteiger partial charge in [-0.3, -0.25) is 4.79 Å². The minimum Gasteiger partial charge on any atom is -0.342 e. The second-order valence-corrected chi connectivity index (χ2v) is 5.29. The standard InChI is InChI=1S/C12H24N2O/c1-6-7-14(5)11(15)8-10(13)9-12(2,3)4/h6,10H,1,7-9,13H2,2-5H3. The van der Waals surface area contributed by atoms with Gasteiger partial charge in [-0.25, -0.2) is 0 Å². The summed E-state index contributed by atoms with van der Waals surface area (Å²) < 4.78 is 0. The van der Waals surface area contributed by atoms with E-state index in [-0.39, 0.29) is 17.4 Å². The first-order chi connectivity index (χ1) is 6.76. The predicted octanol–water partition coefficient (Wildman–Crippen LogP) is 1.78. The molecule has 0 aliphatic heterocycles. The van der Waals surface area contributed by atoms with E-state index >= 15 is 0 Å². The molecule has 1 unspecified atom stereocenters. The highest BCUT2D eigenvalue weighted by Gasteiger charge is 2.19. The third-order valence-corrected chi connectivity index (χ3v) is 2.14. The number of nitrogens with zero attached hydrogens (tertiary/aromatic N) is 1. The van der Waals surface area contributed by atoms with Crippen molar-refractivity contribution in [3.05, 3.63) is 12.7 Å². The van der Waals surface area contributed by atoms with Gasteiger partial charge in [-0.05, 0) is 11.8 Å². The van der Waals surface area contributed by atoms with Gasteiger partial charge < -0.3 is 10.6 Å². The molecule has 0 aliphatic rings. The molecule has 0 saturated heterocycles. The number of carbonyl (C=O) groups excluding carboxylic acids is 1. The lowest BCUT2D eigenvalue weighted by atomic mass is 9.87. The van der Waals surface area contributed by atoms with E-state index in [1.807, 2.05) is 0 Å². The van der Waals surface area contributed by atoms with Crippen LogP contribution >= 0.6 is 0 Å². The maximum atomic E-state index is 11.6. The summed E-state index contributed by atoms with van der Waals surface area (Å²) in [5, 5.41) is 0. The Morgan fingerprint density at radius 3 is 2.47 bits per heavy atom. The molecule has 0 radical (unpaired) electrons. The third-order valence-electron chi connectivity index (χ3n) is 2.14. The van der Waals surface area contributed by atoms with Crippen LogP contribution in [0.25, 0.3) is 0 Å². The molecule has 2 N–H and O–H groups in total. The molecule has 88 valence electrons. The molecule has 1 amide bonds. The maximum Gasteiger partial charge on any atom is 0.224 e. The minimum atomic E-state index is -0.0511. The number of likely N-dealkylation sites (N-methyl/N-ethyl adjacent to an activating group) is 1. The lowest BCUT2D eigenvalue weighted by Gasteiger charge is -2.24. The van der Waals surface area contributed by atoms with Crippen LogP contribution in [0.3, 0.4) is 0 Å². The number of rotatable bonds is 5. The molecule has 0 aromatic heterocycles. The van der Waals surface area contributed by atoms with Gasteiger partial charge in [0.15, 0.2) is 0 Å². The first-order valence-electron chi connectivity index (χ1n) is 5.36. The molecular formula is C12H24N2O. The van der Waals surface area contributed by atoms with Gasteiger partial charge >= 0.3 is 0 Å². The van der Waals surface area contributed by atoms with Gasteiger partial charge in [0.2, 0.25) is 5.91 Å². The Morgan fingerprint density at radius 1 is 1.53 bits per heavy atom. The van der Waals surface area contributed by atoms with E-state index in [9.17, 15) is 4.79 Å². The van der Waals surface area contributed by atoms with Crippen molar-refractivity contribution in [2.75, 3.05) is 13.6 Å². The van der Waals surface area contributed by atoms with Crippen molar-refractivity contribution in [3.63, 3.8) is 0 Å². The summed E-state index contributed by atoms with van der Waals surface area (Å²) >= 11 is 0. The normalized spacial score (nSPS) is 13.4. The van der Waals surface area contributed by atoms with E-state index in [2.05, 4.69) is 27.4 Å². The molecule has 3 heteroatoms. The summed E-state index contributed by atoms with van der Waals surface area (Å²) in [7, 11) is 1.77. The SMILES string of the molecule is C=CCN(C)C(=O)CC(N)CC(C)(C)C. The molecule has 0 bridgehead atoms. The van der Waals surface area contributed by atoms with Crippen LogP contribution in [0, 0.1) is 5.41 Å². The highest BCUT2D eigenvalue weighted by Crippen LogP contribution is 2.21. The van der Waals surface area contributed by atoms with Crippen LogP contribution in [-0.4, -0.2) is 30.4 Å². The van der Waals surface area contributed by atoms with Crippen LogP contribution in [-0.2, 0) is 4.79 Å². The fourth-order valence-electron chi connectivity index (χ4n) is 1.53. The smallest absolute Gasteiger partial charge is 0.224 e. The lowest BCUT2D eigenvalue weighted by Crippen LogP contribution is -2.35. The minimum absolute atomic E-state index is 0.0511. The first kappa shape index (κ1) is 14.2. The van der Waals surface area contributed by atoms with Gasteiger partial charge in [0.05, 0.1) is 0 Å². The third kappa shape index (κ3) is 7.14. The zero-order valence-corrected chi connectivity index (χ0v) is 10.4. The fraction of sp³-hybridized carbons (Fsp3) is 0.750. The van der Waals surface area contributed by atoms with Crippen molar-refractivity contribution in [3.8, 4) is 0 Å². The average molecular weight is 212 g/mol. The van der Waals surface area contributed by atoms with Gasteiger partial charge in [0, 0.05) is 26.1 Å². The first-order valence-corrected chi connectivity index (χ1v) is 5.36. The second kappa shape index (κ2) is 5.91.